The highest BCUT2D eigenvalue weighted by Crippen LogP contribution is 2.18. The van der Waals surface area contributed by atoms with Crippen LogP contribution in [-0.2, 0) is 4.79 Å². The highest BCUT2D eigenvalue weighted by atomic mass is 16.2. The molecule has 2 aromatic rings. The quantitative estimate of drug-likeness (QED) is 0.768. The summed E-state index contributed by atoms with van der Waals surface area (Å²) < 4.78 is 0. The van der Waals surface area contributed by atoms with Gasteiger partial charge in [0.15, 0.2) is 0 Å². The molecule has 5 heteroatoms. The van der Waals surface area contributed by atoms with E-state index < -0.39 is 6.04 Å². The molecule has 0 radical (unpaired) electrons. The Bertz CT molecular complexity index is 519. The number of hydrogen-bond donors (Lipinski definition) is 3. The summed E-state index contributed by atoms with van der Waals surface area (Å²) >= 11 is 0. The van der Waals surface area contributed by atoms with Gasteiger partial charge in [0.2, 0.25) is 5.91 Å². The van der Waals surface area contributed by atoms with Crippen LogP contribution in [0.5, 0.6) is 0 Å². The van der Waals surface area contributed by atoms with Crippen molar-refractivity contribution in [1.82, 2.24) is 10.2 Å². The Morgan fingerprint density at radius 1 is 1.37 bits per heavy atom. The number of anilines is 1. The zero-order chi connectivity index (χ0) is 13.7. The van der Waals surface area contributed by atoms with E-state index in [2.05, 4.69) is 15.5 Å². The van der Waals surface area contributed by atoms with Crippen molar-refractivity contribution in [3.63, 3.8) is 0 Å². The van der Waals surface area contributed by atoms with Crippen LogP contribution < -0.4 is 11.1 Å². The number of H-pyrrole nitrogens is 1. The van der Waals surface area contributed by atoms with Crippen molar-refractivity contribution in [2.75, 3.05) is 5.32 Å². The number of nitrogens with two attached hydrogens (primary N) is 1. The fraction of sp³-hybridized carbons (Fsp3) is 0.286. The Labute approximate surface area is 112 Å². The van der Waals surface area contributed by atoms with Crippen LogP contribution in [0.3, 0.4) is 0 Å². The lowest BCUT2D eigenvalue weighted by molar-refractivity contribution is -0.117. The molecule has 0 fully saturated rings. The van der Waals surface area contributed by atoms with E-state index in [-0.39, 0.29) is 5.91 Å². The molecule has 0 spiro atoms. The molecule has 1 heterocycles. The Morgan fingerprint density at radius 3 is 2.68 bits per heavy atom. The second-order valence-electron chi connectivity index (χ2n) is 4.43. The molecule has 2 rings (SSSR count). The topological polar surface area (TPSA) is 83.8 Å². The predicted octanol–water partition coefficient (Wildman–Crippen LogP) is 2.14. The van der Waals surface area contributed by atoms with Gasteiger partial charge >= 0.3 is 0 Å². The molecule has 0 aliphatic carbocycles. The summed E-state index contributed by atoms with van der Waals surface area (Å²) in [5.41, 5.74) is 8.47. The summed E-state index contributed by atoms with van der Waals surface area (Å²) in [6.07, 6.45) is 3.29. The van der Waals surface area contributed by atoms with E-state index in [1.807, 2.05) is 37.3 Å². The van der Waals surface area contributed by atoms with E-state index in [4.69, 9.17) is 5.73 Å². The van der Waals surface area contributed by atoms with Crippen molar-refractivity contribution in [3.05, 3.63) is 36.5 Å². The molecule has 100 valence electrons. The van der Waals surface area contributed by atoms with Crippen LogP contribution in [0.15, 0.2) is 36.5 Å². The van der Waals surface area contributed by atoms with Gasteiger partial charge < -0.3 is 11.1 Å². The van der Waals surface area contributed by atoms with Crippen LogP contribution in [0.1, 0.15) is 19.8 Å². The van der Waals surface area contributed by atoms with Crippen LogP contribution in [0.4, 0.5) is 5.69 Å². The first-order chi connectivity index (χ1) is 9.20. The summed E-state index contributed by atoms with van der Waals surface area (Å²) in [4.78, 5) is 11.8. The number of aromatic nitrogens is 2. The largest absolute Gasteiger partial charge is 0.325 e. The molecule has 0 saturated heterocycles. The van der Waals surface area contributed by atoms with Gasteiger partial charge in [-0.25, -0.2) is 0 Å². The molecule has 1 amide bonds. The minimum atomic E-state index is -0.447. The van der Waals surface area contributed by atoms with Gasteiger partial charge in [-0.2, -0.15) is 5.10 Å². The molecule has 0 bridgehead atoms. The first kappa shape index (κ1) is 13.3. The fourth-order valence-corrected chi connectivity index (χ4v) is 1.83. The van der Waals surface area contributed by atoms with Gasteiger partial charge in [0.05, 0.1) is 11.7 Å². The van der Waals surface area contributed by atoms with Gasteiger partial charge in [-0.1, -0.05) is 25.5 Å². The third kappa shape index (κ3) is 3.42. The lowest BCUT2D eigenvalue weighted by atomic mass is 10.1. The molecular formula is C14H18N4O. The minimum Gasteiger partial charge on any atom is -0.325 e. The standard InChI is InChI=1S/C14H18N4O/c1-2-3-12(15)14(19)17-11-6-4-10(5-7-11)13-8-9-16-18-13/h4-9,12H,2-3,15H2,1H3,(H,16,18)(H,17,19)/t12-/m1/s1. The van der Waals surface area contributed by atoms with Gasteiger partial charge in [-0.15, -0.1) is 0 Å². The number of carbonyl (C=O) groups excluding carboxylic acids is 1. The summed E-state index contributed by atoms with van der Waals surface area (Å²) in [6.45, 7) is 2.01. The Morgan fingerprint density at radius 2 is 2.11 bits per heavy atom. The first-order valence-electron chi connectivity index (χ1n) is 6.37. The highest BCUT2D eigenvalue weighted by Gasteiger charge is 2.12. The molecule has 1 atom stereocenters. The molecular weight excluding hydrogens is 240 g/mol. The summed E-state index contributed by atoms with van der Waals surface area (Å²) in [6, 6.07) is 9.00. The molecule has 1 aromatic carbocycles. The predicted molar refractivity (Wildman–Crippen MR) is 75.5 cm³/mol. The van der Waals surface area contributed by atoms with E-state index >= 15 is 0 Å². The highest BCUT2D eigenvalue weighted by molar-refractivity contribution is 5.94. The van der Waals surface area contributed by atoms with Crippen molar-refractivity contribution in [1.29, 1.82) is 0 Å². The van der Waals surface area contributed by atoms with E-state index in [0.717, 1.165) is 23.4 Å². The molecule has 0 aliphatic rings. The second-order valence-corrected chi connectivity index (χ2v) is 4.43. The molecule has 5 nitrogen and oxygen atoms in total. The van der Waals surface area contributed by atoms with E-state index in [0.29, 0.717) is 6.42 Å². The lowest BCUT2D eigenvalue weighted by Crippen LogP contribution is -2.35. The van der Waals surface area contributed by atoms with E-state index in [1.165, 1.54) is 0 Å². The zero-order valence-corrected chi connectivity index (χ0v) is 10.9. The summed E-state index contributed by atoms with van der Waals surface area (Å²) in [7, 11) is 0. The SMILES string of the molecule is CCC[C@@H](N)C(=O)Nc1ccc(-c2ccn[nH]2)cc1. The third-order valence-electron chi connectivity index (χ3n) is 2.90. The maximum Gasteiger partial charge on any atom is 0.241 e. The average molecular weight is 258 g/mol. The maximum atomic E-state index is 11.8. The van der Waals surface area contributed by atoms with Crippen LogP contribution in [-0.4, -0.2) is 22.1 Å². The fourth-order valence-electron chi connectivity index (χ4n) is 1.83. The van der Waals surface area contributed by atoms with Gasteiger partial charge in [-0.05, 0) is 30.2 Å². The smallest absolute Gasteiger partial charge is 0.241 e. The molecule has 0 unspecified atom stereocenters. The zero-order valence-electron chi connectivity index (χ0n) is 10.9. The van der Waals surface area contributed by atoms with E-state index in [1.54, 1.807) is 6.20 Å². The van der Waals surface area contributed by atoms with Gasteiger partial charge in [-0.3, -0.25) is 9.89 Å². The maximum absolute atomic E-state index is 11.8. The van der Waals surface area contributed by atoms with Gasteiger partial charge in [0, 0.05) is 11.9 Å². The molecule has 0 aliphatic heterocycles. The monoisotopic (exact) mass is 258 g/mol. The van der Waals surface area contributed by atoms with Crippen molar-refractivity contribution in [2.24, 2.45) is 5.73 Å². The van der Waals surface area contributed by atoms with Crippen LogP contribution in [0.2, 0.25) is 0 Å². The van der Waals surface area contributed by atoms with Crippen LogP contribution >= 0.6 is 0 Å². The number of rotatable bonds is 5. The minimum absolute atomic E-state index is 0.142. The van der Waals surface area contributed by atoms with Gasteiger partial charge in [0.25, 0.3) is 0 Å². The Balaban J connectivity index is 2.01. The molecule has 4 N–H and O–H groups in total. The van der Waals surface area contributed by atoms with Crippen molar-refractivity contribution in [3.8, 4) is 11.3 Å². The summed E-state index contributed by atoms with van der Waals surface area (Å²) in [5, 5.41) is 9.60. The number of nitrogens with zero attached hydrogens (tertiary/aromatic N) is 1. The molecule has 0 saturated carbocycles. The first-order valence-corrected chi connectivity index (χ1v) is 6.37. The number of carbonyl (C=O) groups is 1. The summed E-state index contributed by atoms with van der Waals surface area (Å²) in [5.74, 6) is -0.142. The number of benzene rings is 1. The Hall–Kier alpha value is -2.14. The van der Waals surface area contributed by atoms with E-state index in [9.17, 15) is 4.79 Å². The van der Waals surface area contributed by atoms with Crippen molar-refractivity contribution in [2.45, 2.75) is 25.8 Å². The van der Waals surface area contributed by atoms with Crippen molar-refractivity contribution < 1.29 is 4.79 Å². The van der Waals surface area contributed by atoms with Crippen LogP contribution in [0, 0.1) is 0 Å². The van der Waals surface area contributed by atoms with Crippen LogP contribution in [0.25, 0.3) is 11.3 Å². The number of hydrogen-bond acceptors (Lipinski definition) is 3. The second kappa shape index (κ2) is 6.15. The lowest BCUT2D eigenvalue weighted by Gasteiger charge is -2.11. The van der Waals surface area contributed by atoms with Gasteiger partial charge in [0.1, 0.15) is 0 Å². The third-order valence-corrected chi connectivity index (χ3v) is 2.90. The number of aromatic amines is 1. The van der Waals surface area contributed by atoms with Crippen molar-refractivity contribution >= 4 is 11.6 Å². The average Bonchev–Trinajstić information content (AvgIpc) is 2.94. The number of amides is 1. The normalized spacial score (nSPS) is 12.1. The Kier molecular flexibility index (Phi) is 4.30. The molecule has 1 aromatic heterocycles. The number of nitrogens with one attached hydrogen (secondary N) is 2. The molecule has 19 heavy (non-hydrogen) atoms.